The highest BCUT2D eigenvalue weighted by Gasteiger charge is 2.30. The van der Waals surface area contributed by atoms with Crippen molar-refractivity contribution in [1.29, 1.82) is 0 Å². The molecule has 0 spiro atoms. The Hall–Kier alpha value is -1.94. The van der Waals surface area contributed by atoms with Crippen molar-refractivity contribution in [1.82, 2.24) is 0 Å². The first-order chi connectivity index (χ1) is 46.0. The van der Waals surface area contributed by atoms with Gasteiger partial charge in [-0.2, -0.15) is 0 Å². The third kappa shape index (κ3) is 70.3. The summed E-state index contributed by atoms with van der Waals surface area (Å²) in [5.74, 6) is -1.43. The molecule has 19 heteroatoms. The van der Waals surface area contributed by atoms with Crippen LogP contribution in [0.15, 0.2) is 0 Å². The van der Waals surface area contributed by atoms with E-state index in [0.717, 1.165) is 103 Å². The summed E-state index contributed by atoms with van der Waals surface area (Å²) in [6.45, 7) is 7.18. The average Bonchev–Trinajstić information content (AvgIpc) is 1.26. The van der Waals surface area contributed by atoms with Gasteiger partial charge in [0.15, 0.2) is 12.2 Å². The van der Waals surface area contributed by atoms with Crippen LogP contribution in [0.1, 0.15) is 401 Å². The van der Waals surface area contributed by atoms with E-state index in [2.05, 4.69) is 34.6 Å². The molecule has 0 aromatic rings. The topological polar surface area (TPSA) is 237 Å². The number of phosphoric acid groups is 2. The van der Waals surface area contributed by atoms with Crippen LogP contribution in [0.2, 0.25) is 0 Å². The van der Waals surface area contributed by atoms with E-state index in [0.29, 0.717) is 31.6 Å². The van der Waals surface area contributed by atoms with E-state index in [4.69, 9.17) is 37.0 Å². The first-order valence-corrected chi connectivity index (χ1v) is 42.6. The van der Waals surface area contributed by atoms with Crippen LogP contribution in [0.3, 0.4) is 0 Å². The average molecular weight is 1400 g/mol. The van der Waals surface area contributed by atoms with Gasteiger partial charge < -0.3 is 33.8 Å². The zero-order valence-corrected chi connectivity index (χ0v) is 63.6. The van der Waals surface area contributed by atoms with Crippen molar-refractivity contribution in [3.63, 3.8) is 0 Å². The number of aliphatic hydroxyl groups is 1. The first-order valence-electron chi connectivity index (χ1n) is 39.6. The van der Waals surface area contributed by atoms with Gasteiger partial charge in [-0.1, -0.05) is 349 Å². The third-order valence-corrected chi connectivity index (χ3v) is 19.7. The molecular formula is C76H148O17P2. The zero-order valence-electron chi connectivity index (χ0n) is 61.8. The number of carbonyl (C=O) groups is 4. The van der Waals surface area contributed by atoms with Crippen molar-refractivity contribution < 1.29 is 80.2 Å². The fourth-order valence-electron chi connectivity index (χ4n) is 11.7. The number of phosphoric ester groups is 2. The molecule has 0 aliphatic carbocycles. The Morgan fingerprint density at radius 3 is 0.716 bits per heavy atom. The lowest BCUT2D eigenvalue weighted by Crippen LogP contribution is -2.30. The van der Waals surface area contributed by atoms with Crippen LogP contribution in [0.25, 0.3) is 0 Å². The van der Waals surface area contributed by atoms with Crippen molar-refractivity contribution in [3.05, 3.63) is 0 Å². The van der Waals surface area contributed by atoms with E-state index in [1.54, 1.807) is 0 Å². The summed E-state index contributed by atoms with van der Waals surface area (Å²) in [5.41, 5.74) is 0. The molecule has 3 N–H and O–H groups in total. The summed E-state index contributed by atoms with van der Waals surface area (Å²) in [7, 11) is -9.90. The Bertz CT molecular complexity index is 1820. The van der Waals surface area contributed by atoms with E-state index < -0.39 is 97.5 Å². The van der Waals surface area contributed by atoms with Gasteiger partial charge in [0.1, 0.15) is 19.3 Å². The first kappa shape index (κ1) is 93.1. The van der Waals surface area contributed by atoms with Crippen LogP contribution in [-0.4, -0.2) is 96.7 Å². The lowest BCUT2D eigenvalue weighted by Gasteiger charge is -2.21. The fraction of sp³-hybridized carbons (Fsp3) is 0.947. The molecule has 0 radical (unpaired) electrons. The van der Waals surface area contributed by atoms with Crippen molar-refractivity contribution in [3.8, 4) is 0 Å². The molecule has 0 saturated heterocycles. The largest absolute Gasteiger partial charge is 0.472 e. The van der Waals surface area contributed by atoms with Gasteiger partial charge in [-0.15, -0.1) is 0 Å². The van der Waals surface area contributed by atoms with Gasteiger partial charge in [0.05, 0.1) is 26.4 Å². The van der Waals surface area contributed by atoms with Crippen molar-refractivity contribution >= 4 is 39.5 Å². The smallest absolute Gasteiger partial charge is 0.462 e. The standard InChI is InChI=1S/C76H148O17P2/c1-6-9-12-15-18-20-22-24-26-28-29-30-31-32-33-35-37-39-41-46-51-56-61-75(80)92-72(66-87-74(79)60-55-50-45-40-38-36-34-27-25-23-21-19-16-13-10-7-2)68-91-95(84,85)89-64-70(77)63-88-94(82,83)90-67-71(65-86-73(78)59-54-49-43-17-14-11-8-3)93-76(81)62-57-52-47-42-44-48-53-58-69(4)5/h69-72,77H,6-68H2,1-5H3,(H,82,83)(H,84,85)/t70-,71+,72+/m0/s1. The number of rotatable bonds is 76. The van der Waals surface area contributed by atoms with Crippen LogP contribution in [0.4, 0.5) is 0 Å². The second-order valence-electron chi connectivity index (χ2n) is 27.9. The Balaban J connectivity index is 5.14. The van der Waals surface area contributed by atoms with Gasteiger partial charge in [0.25, 0.3) is 0 Å². The molecule has 0 aliphatic rings. The Morgan fingerprint density at radius 2 is 0.484 bits per heavy atom. The second kappa shape index (κ2) is 69.2. The van der Waals surface area contributed by atoms with E-state index in [9.17, 15) is 43.2 Å². The molecule has 17 nitrogen and oxygen atoms in total. The molecule has 0 aliphatic heterocycles. The summed E-state index contributed by atoms with van der Waals surface area (Å²) in [4.78, 5) is 72.6. The number of unbranched alkanes of at least 4 members (excludes halogenated alkanes) is 48. The third-order valence-electron chi connectivity index (χ3n) is 17.8. The summed E-state index contributed by atoms with van der Waals surface area (Å²) in [6, 6.07) is 0. The van der Waals surface area contributed by atoms with Gasteiger partial charge in [0.2, 0.25) is 0 Å². The Morgan fingerprint density at radius 1 is 0.284 bits per heavy atom. The van der Waals surface area contributed by atoms with E-state index in [1.165, 1.54) is 212 Å². The maximum absolute atomic E-state index is 13.1. The van der Waals surface area contributed by atoms with Crippen LogP contribution < -0.4 is 0 Å². The van der Waals surface area contributed by atoms with Crippen LogP contribution in [0, 0.1) is 5.92 Å². The van der Waals surface area contributed by atoms with Crippen molar-refractivity contribution in [2.24, 2.45) is 5.92 Å². The molecule has 0 amide bonds. The molecule has 564 valence electrons. The summed E-state index contributed by atoms with van der Waals surface area (Å²) >= 11 is 0. The van der Waals surface area contributed by atoms with Crippen LogP contribution in [0.5, 0.6) is 0 Å². The molecule has 5 atom stereocenters. The molecule has 0 bridgehead atoms. The molecule has 0 heterocycles. The number of hydrogen-bond donors (Lipinski definition) is 3. The minimum Gasteiger partial charge on any atom is -0.462 e. The highest BCUT2D eigenvalue weighted by molar-refractivity contribution is 7.47. The molecule has 0 aromatic carbocycles. The summed E-state index contributed by atoms with van der Waals surface area (Å²) in [5, 5.41) is 10.6. The van der Waals surface area contributed by atoms with E-state index in [-0.39, 0.29) is 25.7 Å². The van der Waals surface area contributed by atoms with Gasteiger partial charge >= 0.3 is 39.5 Å². The summed E-state index contributed by atoms with van der Waals surface area (Å²) < 4.78 is 68.3. The summed E-state index contributed by atoms with van der Waals surface area (Å²) in [6.07, 6.45) is 58.8. The Labute approximate surface area is 581 Å². The molecule has 2 unspecified atom stereocenters. The minimum absolute atomic E-state index is 0.104. The monoisotopic (exact) mass is 1400 g/mol. The number of carbonyl (C=O) groups excluding carboxylic acids is 4. The van der Waals surface area contributed by atoms with Crippen molar-refractivity contribution in [2.75, 3.05) is 39.6 Å². The number of aliphatic hydroxyl groups excluding tert-OH is 1. The van der Waals surface area contributed by atoms with Crippen molar-refractivity contribution in [2.45, 2.75) is 419 Å². The number of ether oxygens (including phenoxy) is 4. The molecule has 0 rings (SSSR count). The highest BCUT2D eigenvalue weighted by atomic mass is 31.2. The molecule has 0 fully saturated rings. The quantitative estimate of drug-likeness (QED) is 0.0222. The van der Waals surface area contributed by atoms with Crippen LogP contribution >= 0.6 is 15.6 Å². The van der Waals surface area contributed by atoms with Gasteiger partial charge in [0, 0.05) is 25.7 Å². The SMILES string of the molecule is CCCCCCCCCCCCCCCCCCCCCCCCC(=O)O[C@H](COC(=O)CCCCCCCCCCCCCCCCCC)COP(=O)(O)OC[C@@H](O)COP(=O)(O)OC[C@@H](COC(=O)CCCCCCCCC)OC(=O)CCCCCCCCCC(C)C. The maximum Gasteiger partial charge on any atom is 0.472 e. The highest BCUT2D eigenvalue weighted by Crippen LogP contribution is 2.45. The lowest BCUT2D eigenvalue weighted by atomic mass is 10.0. The van der Waals surface area contributed by atoms with Gasteiger partial charge in [-0.05, 0) is 31.6 Å². The minimum atomic E-state index is -4.96. The van der Waals surface area contributed by atoms with Crippen LogP contribution in [-0.2, 0) is 65.4 Å². The predicted molar refractivity (Wildman–Crippen MR) is 386 cm³/mol. The van der Waals surface area contributed by atoms with E-state index >= 15 is 0 Å². The predicted octanol–water partition coefficient (Wildman–Crippen LogP) is 22.5. The number of hydrogen-bond acceptors (Lipinski definition) is 15. The lowest BCUT2D eigenvalue weighted by molar-refractivity contribution is -0.161. The molecular weight excluding hydrogens is 1250 g/mol. The number of esters is 4. The fourth-order valence-corrected chi connectivity index (χ4v) is 13.3. The van der Waals surface area contributed by atoms with E-state index in [1.807, 2.05) is 0 Å². The molecule has 0 aromatic heterocycles. The maximum atomic E-state index is 13.1. The molecule has 95 heavy (non-hydrogen) atoms. The molecule has 0 saturated carbocycles. The van der Waals surface area contributed by atoms with Gasteiger partial charge in [-0.3, -0.25) is 37.3 Å². The Kier molecular flexibility index (Phi) is 67.7. The normalized spacial score (nSPS) is 13.9. The second-order valence-corrected chi connectivity index (χ2v) is 30.8. The van der Waals surface area contributed by atoms with Gasteiger partial charge in [-0.25, -0.2) is 9.13 Å². The zero-order chi connectivity index (χ0) is 69.8.